The van der Waals surface area contributed by atoms with Gasteiger partial charge in [-0.05, 0) is 37.5 Å². The van der Waals surface area contributed by atoms with Crippen LogP contribution in [0.4, 0.5) is 0 Å². The summed E-state index contributed by atoms with van der Waals surface area (Å²) in [5.74, 6) is 0.544. The molecule has 0 bridgehead atoms. The van der Waals surface area contributed by atoms with E-state index in [-0.39, 0.29) is 11.3 Å². The topological polar surface area (TPSA) is 43.1 Å². The van der Waals surface area contributed by atoms with E-state index >= 15 is 0 Å². The zero-order valence-electron chi connectivity index (χ0n) is 11.4. The summed E-state index contributed by atoms with van der Waals surface area (Å²) >= 11 is 0. The molecule has 1 aromatic rings. The third-order valence-corrected chi connectivity index (χ3v) is 4.72. The van der Waals surface area contributed by atoms with Crippen molar-refractivity contribution in [2.24, 2.45) is 5.73 Å². The minimum absolute atomic E-state index is 0.126. The number of hydrogen-bond acceptors (Lipinski definition) is 2. The van der Waals surface area contributed by atoms with Gasteiger partial charge in [0, 0.05) is 27.8 Å². The smallest absolute Gasteiger partial charge is 0.0431 e. The van der Waals surface area contributed by atoms with E-state index in [0.29, 0.717) is 5.75 Å². The van der Waals surface area contributed by atoms with Crippen LogP contribution in [0.25, 0.3) is 0 Å². The number of hydrogen-bond donors (Lipinski definition) is 1. The maximum atomic E-state index is 11.8. The van der Waals surface area contributed by atoms with E-state index < -0.39 is 10.8 Å². The predicted octanol–water partition coefficient (Wildman–Crippen LogP) is 2.77. The molecule has 0 aromatic heterocycles. The zero-order valence-corrected chi connectivity index (χ0v) is 12.2. The summed E-state index contributed by atoms with van der Waals surface area (Å²) in [6.07, 6.45) is 0. The average Bonchev–Trinajstić information content (AvgIpc) is 2.15. The highest BCUT2D eigenvalue weighted by molar-refractivity contribution is 7.85. The zero-order chi connectivity index (χ0) is 13.2. The summed E-state index contributed by atoms with van der Waals surface area (Å²) < 4.78 is 11.8. The highest BCUT2D eigenvalue weighted by Crippen LogP contribution is 2.23. The predicted molar refractivity (Wildman–Crippen MR) is 75.7 cm³/mol. The Kier molecular flexibility index (Phi) is 4.90. The molecule has 0 spiro atoms. The number of benzene rings is 1. The molecule has 0 amide bonds. The second-order valence-corrected chi connectivity index (χ2v) is 7.05. The Morgan fingerprint density at radius 2 is 1.65 bits per heavy atom. The Bertz CT molecular complexity index is 403. The summed E-state index contributed by atoms with van der Waals surface area (Å²) in [6, 6.07) is 4.15. The van der Waals surface area contributed by atoms with Crippen molar-refractivity contribution < 1.29 is 4.21 Å². The van der Waals surface area contributed by atoms with Gasteiger partial charge in [0.2, 0.25) is 0 Å². The molecule has 0 radical (unpaired) electrons. The molecule has 0 fully saturated rings. The van der Waals surface area contributed by atoms with Crippen LogP contribution in [-0.4, -0.2) is 15.2 Å². The first-order valence-corrected chi connectivity index (χ1v) is 7.41. The third kappa shape index (κ3) is 3.65. The number of nitrogens with two attached hydrogens (primary N) is 1. The van der Waals surface area contributed by atoms with E-state index in [2.05, 4.69) is 32.9 Å². The summed E-state index contributed by atoms with van der Waals surface area (Å²) in [5.41, 5.74) is 11.0. The Balaban J connectivity index is 2.97. The maximum absolute atomic E-state index is 11.8. The molecule has 2 atom stereocenters. The fourth-order valence-electron chi connectivity index (χ4n) is 2.23. The van der Waals surface area contributed by atoms with Gasteiger partial charge in [0.05, 0.1) is 0 Å². The van der Waals surface area contributed by atoms with E-state index in [9.17, 15) is 4.21 Å². The molecule has 2 N–H and O–H groups in total. The van der Waals surface area contributed by atoms with E-state index in [1.54, 1.807) is 0 Å². The summed E-state index contributed by atoms with van der Waals surface area (Å²) in [4.78, 5) is 0. The van der Waals surface area contributed by atoms with Crippen molar-refractivity contribution in [2.45, 2.75) is 45.9 Å². The van der Waals surface area contributed by atoms with Gasteiger partial charge >= 0.3 is 0 Å². The van der Waals surface area contributed by atoms with Crippen LogP contribution in [-0.2, 0) is 10.8 Å². The van der Waals surface area contributed by atoms with E-state index in [0.717, 1.165) is 5.56 Å². The Morgan fingerprint density at radius 3 is 2.06 bits per heavy atom. The SMILES string of the molecule is Cc1cc(C)c(C(N)CS(=O)C(C)C)c(C)c1. The van der Waals surface area contributed by atoms with E-state index in [1.165, 1.54) is 16.7 Å². The maximum Gasteiger partial charge on any atom is 0.0431 e. The van der Waals surface area contributed by atoms with E-state index in [1.807, 2.05) is 13.8 Å². The second kappa shape index (κ2) is 5.78. The van der Waals surface area contributed by atoms with Gasteiger partial charge in [0.15, 0.2) is 0 Å². The van der Waals surface area contributed by atoms with Gasteiger partial charge in [-0.2, -0.15) is 0 Å². The van der Waals surface area contributed by atoms with E-state index in [4.69, 9.17) is 5.73 Å². The van der Waals surface area contributed by atoms with Gasteiger partial charge in [-0.25, -0.2) is 0 Å². The average molecular weight is 253 g/mol. The van der Waals surface area contributed by atoms with Gasteiger partial charge < -0.3 is 5.73 Å². The largest absolute Gasteiger partial charge is 0.323 e. The van der Waals surface area contributed by atoms with Gasteiger partial charge in [0.1, 0.15) is 0 Å². The molecule has 96 valence electrons. The van der Waals surface area contributed by atoms with Crippen LogP contribution in [0.2, 0.25) is 0 Å². The molecule has 3 heteroatoms. The fraction of sp³-hybridized carbons (Fsp3) is 0.571. The first kappa shape index (κ1) is 14.4. The van der Waals surface area contributed by atoms with Gasteiger partial charge in [-0.15, -0.1) is 0 Å². The van der Waals surface area contributed by atoms with Crippen molar-refractivity contribution in [3.05, 3.63) is 34.4 Å². The van der Waals surface area contributed by atoms with Crippen LogP contribution in [0.5, 0.6) is 0 Å². The lowest BCUT2D eigenvalue weighted by Gasteiger charge is -2.19. The standard InChI is InChI=1S/C14H23NOS/c1-9(2)17(16)8-13(15)14-11(4)6-10(3)7-12(14)5/h6-7,9,13H,8,15H2,1-5H3. The Morgan fingerprint density at radius 1 is 1.18 bits per heavy atom. The van der Waals surface area contributed by atoms with Crippen LogP contribution < -0.4 is 5.73 Å². The van der Waals surface area contributed by atoms with Crippen molar-refractivity contribution in [1.82, 2.24) is 0 Å². The highest BCUT2D eigenvalue weighted by atomic mass is 32.2. The first-order chi connectivity index (χ1) is 7.82. The number of aryl methyl sites for hydroxylation is 3. The molecule has 0 aliphatic heterocycles. The third-order valence-electron chi connectivity index (χ3n) is 2.98. The second-order valence-electron chi connectivity index (χ2n) is 5.02. The Labute approximate surface area is 107 Å². The molecule has 2 unspecified atom stereocenters. The molecule has 0 aliphatic carbocycles. The van der Waals surface area contributed by atoms with Gasteiger partial charge in [-0.3, -0.25) is 4.21 Å². The first-order valence-electron chi connectivity index (χ1n) is 6.03. The highest BCUT2D eigenvalue weighted by Gasteiger charge is 2.16. The molecule has 0 heterocycles. The lowest BCUT2D eigenvalue weighted by Crippen LogP contribution is -2.23. The van der Waals surface area contributed by atoms with Crippen molar-refractivity contribution in [3.63, 3.8) is 0 Å². The molecular weight excluding hydrogens is 230 g/mol. The number of rotatable bonds is 4. The lowest BCUT2D eigenvalue weighted by molar-refractivity contribution is 0.667. The molecule has 2 nitrogen and oxygen atoms in total. The quantitative estimate of drug-likeness (QED) is 0.896. The molecule has 0 aliphatic rings. The summed E-state index contributed by atoms with van der Waals surface area (Å²) in [7, 11) is -0.849. The van der Waals surface area contributed by atoms with Crippen molar-refractivity contribution in [1.29, 1.82) is 0 Å². The fourth-order valence-corrected chi connectivity index (χ4v) is 3.13. The summed E-state index contributed by atoms with van der Waals surface area (Å²) in [5, 5.41) is 0.173. The van der Waals surface area contributed by atoms with Gasteiger partial charge in [0.25, 0.3) is 0 Å². The van der Waals surface area contributed by atoms with Gasteiger partial charge in [-0.1, -0.05) is 31.5 Å². The minimum atomic E-state index is -0.849. The van der Waals surface area contributed by atoms with Crippen LogP contribution >= 0.6 is 0 Å². The van der Waals surface area contributed by atoms with Crippen molar-refractivity contribution in [2.75, 3.05) is 5.75 Å². The molecule has 0 saturated carbocycles. The molecule has 0 saturated heterocycles. The van der Waals surface area contributed by atoms with Crippen molar-refractivity contribution in [3.8, 4) is 0 Å². The Hall–Kier alpha value is -0.670. The monoisotopic (exact) mass is 253 g/mol. The minimum Gasteiger partial charge on any atom is -0.323 e. The van der Waals surface area contributed by atoms with Crippen LogP contribution in [0, 0.1) is 20.8 Å². The lowest BCUT2D eigenvalue weighted by atomic mass is 9.95. The molecule has 1 aromatic carbocycles. The van der Waals surface area contributed by atoms with Crippen LogP contribution in [0.3, 0.4) is 0 Å². The van der Waals surface area contributed by atoms with Crippen molar-refractivity contribution >= 4 is 10.8 Å². The summed E-state index contributed by atoms with van der Waals surface area (Å²) in [6.45, 7) is 10.2. The normalized spacial score (nSPS) is 15.0. The van der Waals surface area contributed by atoms with Crippen LogP contribution in [0.15, 0.2) is 12.1 Å². The molecule has 1 rings (SSSR count). The van der Waals surface area contributed by atoms with Crippen LogP contribution in [0.1, 0.15) is 42.1 Å². The molecular formula is C14H23NOS. The molecule has 17 heavy (non-hydrogen) atoms.